The average Bonchev–Trinajstić information content (AvgIpc) is 2.45. The van der Waals surface area contributed by atoms with Crippen molar-refractivity contribution in [2.24, 2.45) is 0 Å². The summed E-state index contributed by atoms with van der Waals surface area (Å²) < 4.78 is 0. The lowest BCUT2D eigenvalue weighted by Crippen LogP contribution is -2.33. The zero-order valence-electron chi connectivity index (χ0n) is 11.2. The van der Waals surface area contributed by atoms with Crippen molar-refractivity contribution < 1.29 is 14.8 Å². The molecule has 3 N–H and O–H groups in total. The van der Waals surface area contributed by atoms with Crippen molar-refractivity contribution in [3.05, 3.63) is 40.6 Å². The number of hydrogen-bond acceptors (Lipinski definition) is 5. The number of benzene rings is 1. The van der Waals surface area contributed by atoms with E-state index >= 15 is 0 Å². The Morgan fingerprint density at radius 1 is 1.48 bits per heavy atom. The first-order chi connectivity index (χ1) is 9.99. The van der Waals surface area contributed by atoms with Crippen LogP contribution in [0.25, 0.3) is 10.9 Å². The highest BCUT2D eigenvalue weighted by atomic mass is 16.6. The van der Waals surface area contributed by atoms with Crippen LogP contribution in [0.15, 0.2) is 30.5 Å². The molecule has 110 valence electrons. The molecule has 21 heavy (non-hydrogen) atoms. The highest BCUT2D eigenvalue weighted by molar-refractivity contribution is 5.95. The van der Waals surface area contributed by atoms with Gasteiger partial charge in [0.1, 0.15) is 11.9 Å². The van der Waals surface area contributed by atoms with Crippen LogP contribution in [0.4, 0.5) is 16.2 Å². The van der Waals surface area contributed by atoms with Crippen LogP contribution in [0.5, 0.6) is 0 Å². The van der Waals surface area contributed by atoms with E-state index in [2.05, 4.69) is 15.6 Å². The summed E-state index contributed by atoms with van der Waals surface area (Å²) in [5.41, 5.74) is 0.824. The molecule has 1 aromatic carbocycles. The first-order valence-electron chi connectivity index (χ1n) is 6.24. The van der Waals surface area contributed by atoms with Gasteiger partial charge in [0, 0.05) is 18.0 Å². The Morgan fingerprint density at radius 2 is 2.19 bits per heavy atom. The minimum absolute atomic E-state index is 0.128. The molecule has 0 radical (unpaired) electrons. The summed E-state index contributed by atoms with van der Waals surface area (Å²) in [5.74, 6) is 0. The molecule has 0 saturated heterocycles. The molecule has 2 rings (SSSR count). The molecule has 8 nitrogen and oxygen atoms in total. The number of anilines is 1. The fourth-order valence-corrected chi connectivity index (χ4v) is 1.96. The number of fused-ring (bicyclic) bond motifs is 1. The number of rotatable bonds is 5. The summed E-state index contributed by atoms with van der Waals surface area (Å²) in [7, 11) is 0. The van der Waals surface area contributed by atoms with Gasteiger partial charge in [-0.1, -0.05) is 18.2 Å². The molecule has 8 heteroatoms. The van der Waals surface area contributed by atoms with Crippen LogP contribution in [-0.4, -0.2) is 33.7 Å². The van der Waals surface area contributed by atoms with E-state index in [-0.39, 0.29) is 18.3 Å². The number of para-hydroxylation sites is 1. The Morgan fingerprint density at radius 3 is 2.86 bits per heavy atom. The lowest BCUT2D eigenvalue weighted by molar-refractivity contribution is -0.384. The Balaban J connectivity index is 2.37. The van der Waals surface area contributed by atoms with Crippen molar-refractivity contribution in [1.29, 1.82) is 0 Å². The summed E-state index contributed by atoms with van der Waals surface area (Å²) in [6.45, 7) is 1.86. The summed E-state index contributed by atoms with van der Waals surface area (Å²) in [5, 5.41) is 25.5. The smallest absolute Gasteiger partial charge is 0.404 e. The number of hydrogen-bond donors (Lipinski definition) is 3. The highest BCUT2D eigenvalue weighted by Gasteiger charge is 2.19. The lowest BCUT2D eigenvalue weighted by Gasteiger charge is -2.16. The zero-order chi connectivity index (χ0) is 15.4. The van der Waals surface area contributed by atoms with Gasteiger partial charge in [0.15, 0.2) is 0 Å². The number of carboxylic acid groups (broad SMARTS) is 1. The van der Waals surface area contributed by atoms with Gasteiger partial charge < -0.3 is 15.7 Å². The summed E-state index contributed by atoms with van der Waals surface area (Å²) >= 11 is 0. The standard InChI is InChI=1S/C13H14N4O4/c1-8(6-15-13(18)19)16-12-9-4-2-3-5-10(9)14-7-11(12)17(20)21/h2-5,7-8,15H,6H2,1H3,(H,14,16)(H,18,19). The van der Waals surface area contributed by atoms with Crippen LogP contribution in [0.1, 0.15) is 6.92 Å². The van der Waals surface area contributed by atoms with Crippen molar-refractivity contribution in [1.82, 2.24) is 10.3 Å². The quantitative estimate of drug-likeness (QED) is 0.574. The fourth-order valence-electron chi connectivity index (χ4n) is 1.96. The van der Waals surface area contributed by atoms with E-state index in [9.17, 15) is 14.9 Å². The first kappa shape index (κ1) is 14.5. The molecule has 2 aromatic rings. The van der Waals surface area contributed by atoms with Crippen LogP contribution < -0.4 is 10.6 Å². The second-order valence-corrected chi connectivity index (χ2v) is 4.52. The molecule has 0 aliphatic rings. The molecule has 1 aromatic heterocycles. The predicted molar refractivity (Wildman–Crippen MR) is 77.5 cm³/mol. The Bertz CT molecular complexity index is 689. The van der Waals surface area contributed by atoms with Gasteiger partial charge in [-0.2, -0.15) is 0 Å². The average molecular weight is 290 g/mol. The molecule has 1 amide bonds. The predicted octanol–water partition coefficient (Wildman–Crippen LogP) is 2.21. The molecular weight excluding hydrogens is 276 g/mol. The first-order valence-corrected chi connectivity index (χ1v) is 6.24. The molecule has 1 heterocycles. The number of aromatic nitrogens is 1. The summed E-state index contributed by atoms with van der Waals surface area (Å²) in [6, 6.07) is 6.73. The third kappa shape index (κ3) is 3.35. The third-order valence-electron chi connectivity index (χ3n) is 2.90. The second kappa shape index (κ2) is 6.04. The third-order valence-corrected chi connectivity index (χ3v) is 2.90. The Labute approximate surface area is 120 Å². The largest absolute Gasteiger partial charge is 0.465 e. The molecule has 1 atom stereocenters. The van der Waals surface area contributed by atoms with E-state index in [0.717, 1.165) is 0 Å². The van der Waals surface area contributed by atoms with Crippen LogP contribution in [0, 0.1) is 10.1 Å². The maximum absolute atomic E-state index is 11.1. The number of nitrogens with zero attached hydrogens (tertiary/aromatic N) is 2. The van der Waals surface area contributed by atoms with Gasteiger partial charge in [0.25, 0.3) is 0 Å². The van der Waals surface area contributed by atoms with Crippen molar-refractivity contribution in [3.8, 4) is 0 Å². The number of amides is 1. The van der Waals surface area contributed by atoms with Gasteiger partial charge in [0.2, 0.25) is 0 Å². The molecule has 0 aliphatic heterocycles. The monoisotopic (exact) mass is 290 g/mol. The molecule has 0 bridgehead atoms. The Kier molecular flexibility index (Phi) is 4.17. The molecule has 1 unspecified atom stereocenters. The van der Waals surface area contributed by atoms with E-state index in [0.29, 0.717) is 16.6 Å². The molecule has 0 fully saturated rings. The van der Waals surface area contributed by atoms with E-state index in [1.807, 2.05) is 0 Å². The number of carbonyl (C=O) groups is 1. The number of pyridine rings is 1. The van der Waals surface area contributed by atoms with Gasteiger partial charge >= 0.3 is 11.8 Å². The zero-order valence-corrected chi connectivity index (χ0v) is 11.2. The topological polar surface area (TPSA) is 117 Å². The maximum Gasteiger partial charge on any atom is 0.404 e. The van der Waals surface area contributed by atoms with Gasteiger partial charge in [-0.3, -0.25) is 10.1 Å². The Hall–Kier alpha value is -2.90. The number of nitro groups is 1. The van der Waals surface area contributed by atoms with E-state index in [1.165, 1.54) is 6.20 Å². The summed E-state index contributed by atoms with van der Waals surface area (Å²) in [6.07, 6.45) is 0.0555. The fraction of sp³-hybridized carbons (Fsp3) is 0.231. The van der Waals surface area contributed by atoms with Gasteiger partial charge in [-0.05, 0) is 13.0 Å². The maximum atomic E-state index is 11.1. The normalized spacial score (nSPS) is 11.9. The molecule has 0 saturated carbocycles. The van der Waals surface area contributed by atoms with Gasteiger partial charge in [-0.15, -0.1) is 0 Å². The van der Waals surface area contributed by atoms with Crippen LogP contribution in [0.3, 0.4) is 0 Å². The minimum atomic E-state index is -1.14. The lowest BCUT2D eigenvalue weighted by atomic mass is 10.1. The van der Waals surface area contributed by atoms with Crippen molar-refractivity contribution in [2.75, 3.05) is 11.9 Å². The van der Waals surface area contributed by atoms with E-state index < -0.39 is 11.0 Å². The van der Waals surface area contributed by atoms with Crippen molar-refractivity contribution in [2.45, 2.75) is 13.0 Å². The van der Waals surface area contributed by atoms with Gasteiger partial charge in [0.05, 0.1) is 10.4 Å². The number of nitrogens with one attached hydrogen (secondary N) is 2. The van der Waals surface area contributed by atoms with Crippen LogP contribution in [0.2, 0.25) is 0 Å². The SMILES string of the molecule is CC(CNC(=O)O)Nc1c([N+](=O)[O-])cnc2ccccc12. The van der Waals surface area contributed by atoms with E-state index in [4.69, 9.17) is 5.11 Å². The minimum Gasteiger partial charge on any atom is -0.465 e. The van der Waals surface area contributed by atoms with Crippen molar-refractivity contribution in [3.63, 3.8) is 0 Å². The highest BCUT2D eigenvalue weighted by Crippen LogP contribution is 2.31. The van der Waals surface area contributed by atoms with Crippen molar-refractivity contribution >= 4 is 28.4 Å². The van der Waals surface area contributed by atoms with Gasteiger partial charge in [-0.25, -0.2) is 9.78 Å². The molecule has 0 aliphatic carbocycles. The van der Waals surface area contributed by atoms with Crippen LogP contribution >= 0.6 is 0 Å². The molecular formula is C13H14N4O4. The molecule has 0 spiro atoms. The van der Waals surface area contributed by atoms with E-state index in [1.54, 1.807) is 31.2 Å². The summed E-state index contributed by atoms with van der Waals surface area (Å²) in [4.78, 5) is 25.2. The van der Waals surface area contributed by atoms with Crippen LogP contribution in [-0.2, 0) is 0 Å². The second-order valence-electron chi connectivity index (χ2n) is 4.52.